The van der Waals surface area contributed by atoms with Crippen LogP contribution in [0.25, 0.3) is 0 Å². The molecule has 1 fully saturated rings. The van der Waals surface area contributed by atoms with Gasteiger partial charge in [-0.1, -0.05) is 26.7 Å². The molecule has 0 aromatic heterocycles. The second-order valence-corrected chi connectivity index (χ2v) is 4.66. The zero-order valence-corrected chi connectivity index (χ0v) is 10.1. The minimum absolute atomic E-state index is 0.415. The molecule has 15 heavy (non-hydrogen) atoms. The average molecular weight is 212 g/mol. The number of carbonyl (C=O) groups excluding carboxylic acids is 1. The number of nitrogens with one attached hydrogen (secondary N) is 1. The Bertz CT molecular complexity index is 188. The lowest BCUT2D eigenvalue weighted by molar-refractivity contribution is -0.121. The van der Waals surface area contributed by atoms with Crippen molar-refractivity contribution in [3.8, 4) is 0 Å². The fraction of sp³-hybridized carbons (Fsp3) is 0.917. The molecule has 0 radical (unpaired) electrons. The van der Waals surface area contributed by atoms with E-state index >= 15 is 0 Å². The number of hydrogen-bond acceptors (Lipinski definition) is 3. The summed E-state index contributed by atoms with van der Waals surface area (Å²) in [4.78, 5) is 14.0. The van der Waals surface area contributed by atoms with E-state index in [9.17, 15) is 4.79 Å². The Hall–Kier alpha value is -0.410. The van der Waals surface area contributed by atoms with E-state index in [0.717, 1.165) is 32.6 Å². The van der Waals surface area contributed by atoms with Crippen LogP contribution in [0, 0.1) is 5.92 Å². The van der Waals surface area contributed by atoms with Gasteiger partial charge < -0.3 is 5.32 Å². The van der Waals surface area contributed by atoms with E-state index in [0.29, 0.717) is 18.2 Å². The van der Waals surface area contributed by atoms with Gasteiger partial charge in [0, 0.05) is 32.6 Å². The van der Waals surface area contributed by atoms with Crippen molar-refractivity contribution in [2.75, 3.05) is 32.7 Å². The van der Waals surface area contributed by atoms with E-state index in [2.05, 4.69) is 24.1 Å². The molecule has 1 heterocycles. The van der Waals surface area contributed by atoms with Crippen molar-refractivity contribution in [2.24, 2.45) is 5.92 Å². The lowest BCUT2D eigenvalue weighted by Crippen LogP contribution is -2.45. The molecule has 0 amide bonds. The Morgan fingerprint density at radius 3 is 2.67 bits per heavy atom. The molecule has 1 rings (SSSR count). The highest BCUT2D eigenvalue weighted by molar-refractivity contribution is 5.80. The van der Waals surface area contributed by atoms with Crippen molar-refractivity contribution in [1.82, 2.24) is 10.2 Å². The molecule has 1 aliphatic heterocycles. The van der Waals surface area contributed by atoms with Crippen LogP contribution in [-0.4, -0.2) is 43.4 Å². The lowest BCUT2D eigenvalue weighted by atomic mass is 9.99. The van der Waals surface area contributed by atoms with Gasteiger partial charge in [0.1, 0.15) is 5.78 Å². The van der Waals surface area contributed by atoms with Crippen LogP contribution in [0.4, 0.5) is 0 Å². The number of hydrogen-bond donors (Lipinski definition) is 1. The van der Waals surface area contributed by atoms with Crippen molar-refractivity contribution in [2.45, 2.75) is 33.1 Å². The van der Waals surface area contributed by atoms with Crippen LogP contribution in [0.2, 0.25) is 0 Å². The van der Waals surface area contributed by atoms with Crippen LogP contribution in [0.5, 0.6) is 0 Å². The van der Waals surface area contributed by atoms with Gasteiger partial charge in [0.25, 0.3) is 0 Å². The van der Waals surface area contributed by atoms with Gasteiger partial charge in [0.05, 0.1) is 6.54 Å². The van der Waals surface area contributed by atoms with Crippen molar-refractivity contribution in [3.05, 3.63) is 0 Å². The molecule has 0 saturated carbocycles. The maximum absolute atomic E-state index is 11.7. The predicted molar refractivity (Wildman–Crippen MR) is 63.0 cm³/mol. The quantitative estimate of drug-likeness (QED) is 0.720. The third-order valence-corrected chi connectivity index (χ3v) is 2.97. The smallest absolute Gasteiger partial charge is 0.147 e. The molecule has 88 valence electrons. The first-order valence-corrected chi connectivity index (χ1v) is 6.17. The second kappa shape index (κ2) is 6.96. The van der Waals surface area contributed by atoms with E-state index in [4.69, 9.17) is 0 Å². The zero-order chi connectivity index (χ0) is 11.1. The molecule has 3 heteroatoms. The SMILES string of the molecule is CCCC(C)CC(=O)CN1CCNCC1. The zero-order valence-electron chi connectivity index (χ0n) is 10.1. The Kier molecular flexibility index (Phi) is 5.88. The Morgan fingerprint density at radius 2 is 2.07 bits per heavy atom. The van der Waals surface area contributed by atoms with E-state index in [1.54, 1.807) is 0 Å². The summed E-state index contributed by atoms with van der Waals surface area (Å²) >= 11 is 0. The summed E-state index contributed by atoms with van der Waals surface area (Å²) < 4.78 is 0. The molecule has 0 aliphatic carbocycles. The molecular weight excluding hydrogens is 188 g/mol. The predicted octanol–water partition coefficient (Wildman–Crippen LogP) is 1.29. The molecule has 0 bridgehead atoms. The van der Waals surface area contributed by atoms with Gasteiger partial charge in [0.15, 0.2) is 0 Å². The maximum atomic E-state index is 11.7. The van der Waals surface area contributed by atoms with Gasteiger partial charge in [-0.05, 0) is 5.92 Å². The minimum Gasteiger partial charge on any atom is -0.314 e. The number of Topliss-reactive ketones (excluding diaryl/α,β-unsaturated/α-hetero) is 1. The Balaban J connectivity index is 2.16. The van der Waals surface area contributed by atoms with E-state index in [-0.39, 0.29) is 0 Å². The fourth-order valence-electron chi connectivity index (χ4n) is 2.17. The maximum Gasteiger partial charge on any atom is 0.147 e. The van der Waals surface area contributed by atoms with Gasteiger partial charge in [-0.15, -0.1) is 0 Å². The van der Waals surface area contributed by atoms with Gasteiger partial charge in [0.2, 0.25) is 0 Å². The molecule has 1 unspecified atom stereocenters. The monoisotopic (exact) mass is 212 g/mol. The van der Waals surface area contributed by atoms with Crippen LogP contribution in [0.3, 0.4) is 0 Å². The fourth-order valence-corrected chi connectivity index (χ4v) is 2.17. The number of rotatable bonds is 6. The topological polar surface area (TPSA) is 32.3 Å². The Morgan fingerprint density at radius 1 is 1.40 bits per heavy atom. The number of ketones is 1. The van der Waals surface area contributed by atoms with E-state index in [1.807, 2.05) is 0 Å². The summed E-state index contributed by atoms with van der Waals surface area (Å²) in [6.45, 7) is 9.11. The third-order valence-electron chi connectivity index (χ3n) is 2.97. The van der Waals surface area contributed by atoms with Gasteiger partial charge >= 0.3 is 0 Å². The van der Waals surface area contributed by atoms with Gasteiger partial charge in [-0.25, -0.2) is 0 Å². The van der Waals surface area contributed by atoms with Crippen molar-refractivity contribution in [1.29, 1.82) is 0 Å². The van der Waals surface area contributed by atoms with Crippen LogP contribution in [-0.2, 0) is 4.79 Å². The lowest BCUT2D eigenvalue weighted by Gasteiger charge is -2.26. The molecule has 1 saturated heterocycles. The minimum atomic E-state index is 0.415. The second-order valence-electron chi connectivity index (χ2n) is 4.66. The molecule has 0 aromatic carbocycles. The molecule has 0 spiro atoms. The standard InChI is InChI=1S/C12H24N2O/c1-3-4-11(2)9-12(15)10-14-7-5-13-6-8-14/h11,13H,3-10H2,1-2H3. The molecule has 1 N–H and O–H groups in total. The average Bonchev–Trinajstić information content (AvgIpc) is 2.19. The van der Waals surface area contributed by atoms with Crippen molar-refractivity contribution >= 4 is 5.78 Å². The number of nitrogens with zero attached hydrogens (tertiary/aromatic N) is 1. The summed E-state index contributed by atoms with van der Waals surface area (Å²) in [5.74, 6) is 0.975. The highest BCUT2D eigenvalue weighted by Crippen LogP contribution is 2.10. The van der Waals surface area contributed by atoms with Crippen LogP contribution in [0.1, 0.15) is 33.1 Å². The Labute approximate surface area is 93.2 Å². The first-order chi connectivity index (χ1) is 7.22. The first kappa shape index (κ1) is 12.7. The summed E-state index contributed by atoms with van der Waals surface area (Å²) in [6.07, 6.45) is 3.12. The van der Waals surface area contributed by atoms with Crippen LogP contribution >= 0.6 is 0 Å². The number of piperazine rings is 1. The normalized spacial score (nSPS) is 20.1. The molecule has 1 atom stereocenters. The van der Waals surface area contributed by atoms with Gasteiger partial charge in [-0.2, -0.15) is 0 Å². The van der Waals surface area contributed by atoms with E-state index < -0.39 is 0 Å². The molecular formula is C12H24N2O. The van der Waals surface area contributed by atoms with E-state index in [1.165, 1.54) is 12.8 Å². The summed E-state index contributed by atoms with van der Waals surface area (Å²) in [7, 11) is 0. The summed E-state index contributed by atoms with van der Waals surface area (Å²) in [5, 5.41) is 3.30. The highest BCUT2D eigenvalue weighted by atomic mass is 16.1. The highest BCUT2D eigenvalue weighted by Gasteiger charge is 2.15. The van der Waals surface area contributed by atoms with Gasteiger partial charge in [-0.3, -0.25) is 9.69 Å². The molecule has 0 aromatic rings. The summed E-state index contributed by atoms with van der Waals surface area (Å²) in [6, 6.07) is 0. The van der Waals surface area contributed by atoms with Crippen molar-refractivity contribution < 1.29 is 4.79 Å². The number of carbonyl (C=O) groups is 1. The van der Waals surface area contributed by atoms with Crippen LogP contribution in [0.15, 0.2) is 0 Å². The summed E-state index contributed by atoms with van der Waals surface area (Å²) in [5.41, 5.74) is 0. The largest absolute Gasteiger partial charge is 0.314 e. The first-order valence-electron chi connectivity index (χ1n) is 6.17. The third kappa shape index (κ3) is 5.28. The van der Waals surface area contributed by atoms with Crippen molar-refractivity contribution in [3.63, 3.8) is 0 Å². The molecule has 3 nitrogen and oxygen atoms in total. The van der Waals surface area contributed by atoms with Crippen LogP contribution < -0.4 is 5.32 Å². The molecule has 1 aliphatic rings.